The third kappa shape index (κ3) is 5.69. The smallest absolute Gasteiger partial charge is 0.271 e. The fourth-order valence-corrected chi connectivity index (χ4v) is 5.01. The van der Waals surface area contributed by atoms with E-state index in [1.165, 1.54) is 50.6 Å². The van der Waals surface area contributed by atoms with Crippen LogP contribution in [0.25, 0.3) is 0 Å². The lowest BCUT2D eigenvalue weighted by molar-refractivity contribution is -0.384. The van der Waals surface area contributed by atoms with E-state index in [0.29, 0.717) is 16.9 Å². The lowest BCUT2D eigenvalue weighted by Gasteiger charge is -2.25. The molecule has 0 spiro atoms. The number of nitro benzene ring substituents is 1. The second kappa shape index (κ2) is 10.4. The summed E-state index contributed by atoms with van der Waals surface area (Å²) < 4.78 is 38.9. The van der Waals surface area contributed by atoms with Gasteiger partial charge in [0.15, 0.2) is 0 Å². The minimum atomic E-state index is -4.26. The van der Waals surface area contributed by atoms with Gasteiger partial charge in [-0.3, -0.25) is 19.2 Å². The molecular weight excluding hydrogens is 474 g/mol. The Balaban J connectivity index is 2.03. The number of carbonyl (C=O) groups is 1. The molecule has 0 saturated carbocycles. The third-order valence-corrected chi connectivity index (χ3v) is 7.04. The van der Waals surface area contributed by atoms with Gasteiger partial charge in [0.05, 0.1) is 30.5 Å². The zero-order chi connectivity index (χ0) is 25.8. The van der Waals surface area contributed by atoms with Crippen LogP contribution in [0.1, 0.15) is 11.1 Å². The number of benzene rings is 3. The molecule has 0 saturated heterocycles. The molecule has 3 aromatic rings. The summed E-state index contributed by atoms with van der Waals surface area (Å²) in [5, 5.41) is 13.7. The molecule has 0 aliphatic carbocycles. The van der Waals surface area contributed by atoms with Crippen molar-refractivity contribution in [1.29, 1.82) is 0 Å². The van der Waals surface area contributed by atoms with E-state index in [2.05, 4.69) is 5.32 Å². The molecule has 1 N–H and O–H groups in total. The number of rotatable bonds is 9. The van der Waals surface area contributed by atoms with Crippen molar-refractivity contribution >= 4 is 33.0 Å². The normalized spacial score (nSPS) is 11.0. The maximum atomic E-state index is 13.8. The molecule has 0 aliphatic rings. The molecule has 3 rings (SSSR count). The summed E-state index contributed by atoms with van der Waals surface area (Å²) in [6, 6.07) is 15.0. The van der Waals surface area contributed by atoms with Crippen LogP contribution < -0.4 is 19.1 Å². The molecular formula is C24H25N3O7S. The van der Waals surface area contributed by atoms with Gasteiger partial charge in [-0.05, 0) is 61.4 Å². The van der Waals surface area contributed by atoms with Gasteiger partial charge in [-0.25, -0.2) is 8.42 Å². The maximum absolute atomic E-state index is 13.8. The summed E-state index contributed by atoms with van der Waals surface area (Å²) in [5.74, 6) is -0.0421. The Morgan fingerprint density at radius 2 is 1.69 bits per heavy atom. The third-order valence-electron chi connectivity index (χ3n) is 5.24. The average Bonchev–Trinajstić information content (AvgIpc) is 2.83. The maximum Gasteiger partial charge on any atom is 0.271 e. The first-order chi connectivity index (χ1) is 16.6. The fraction of sp³-hybridized carbons (Fsp3) is 0.208. The Hall–Kier alpha value is -4.12. The topological polar surface area (TPSA) is 128 Å². The first-order valence-corrected chi connectivity index (χ1v) is 11.9. The Bertz CT molecular complexity index is 1360. The summed E-state index contributed by atoms with van der Waals surface area (Å²) in [6.07, 6.45) is 0. The second-order valence-corrected chi connectivity index (χ2v) is 9.50. The van der Waals surface area contributed by atoms with Crippen molar-refractivity contribution < 1.29 is 27.6 Å². The molecule has 35 heavy (non-hydrogen) atoms. The zero-order valence-electron chi connectivity index (χ0n) is 19.6. The van der Waals surface area contributed by atoms with Crippen molar-refractivity contribution in [2.45, 2.75) is 18.7 Å². The van der Waals surface area contributed by atoms with Crippen LogP contribution in [0.3, 0.4) is 0 Å². The predicted molar refractivity (Wildman–Crippen MR) is 132 cm³/mol. The number of methoxy groups -OCH3 is 2. The van der Waals surface area contributed by atoms with Crippen LogP contribution in [0.4, 0.5) is 17.1 Å². The number of nitrogens with one attached hydrogen (secondary N) is 1. The van der Waals surface area contributed by atoms with Crippen molar-refractivity contribution in [3.8, 4) is 11.5 Å². The molecule has 0 bridgehead atoms. The number of hydrogen-bond donors (Lipinski definition) is 1. The lowest BCUT2D eigenvalue weighted by atomic mass is 10.2. The van der Waals surface area contributed by atoms with Crippen molar-refractivity contribution in [1.82, 2.24) is 0 Å². The van der Waals surface area contributed by atoms with E-state index in [1.54, 1.807) is 38.1 Å². The first kappa shape index (κ1) is 25.5. The van der Waals surface area contributed by atoms with E-state index in [9.17, 15) is 23.3 Å². The number of non-ortho nitro benzene ring substituents is 1. The van der Waals surface area contributed by atoms with E-state index in [-0.39, 0.29) is 27.7 Å². The number of nitro groups is 1. The highest BCUT2D eigenvalue weighted by Crippen LogP contribution is 2.32. The van der Waals surface area contributed by atoms with Crippen molar-refractivity contribution in [3.63, 3.8) is 0 Å². The van der Waals surface area contributed by atoms with Crippen molar-refractivity contribution in [3.05, 3.63) is 81.9 Å². The van der Waals surface area contributed by atoms with Crippen molar-refractivity contribution in [2.75, 3.05) is 30.4 Å². The summed E-state index contributed by atoms with van der Waals surface area (Å²) in [6.45, 7) is 2.83. The molecule has 0 fully saturated rings. The molecule has 0 aromatic heterocycles. The van der Waals surface area contributed by atoms with Crippen LogP contribution in [0, 0.1) is 24.0 Å². The minimum absolute atomic E-state index is 0.102. The summed E-state index contributed by atoms with van der Waals surface area (Å²) >= 11 is 0. The lowest BCUT2D eigenvalue weighted by Crippen LogP contribution is -2.38. The van der Waals surface area contributed by atoms with E-state index < -0.39 is 27.4 Å². The van der Waals surface area contributed by atoms with E-state index in [4.69, 9.17) is 9.47 Å². The molecule has 11 heteroatoms. The molecule has 0 heterocycles. The predicted octanol–water partition coefficient (Wildman–Crippen LogP) is 4.06. The highest BCUT2D eigenvalue weighted by atomic mass is 32.2. The Labute approximate surface area is 203 Å². The molecule has 10 nitrogen and oxygen atoms in total. The molecule has 0 radical (unpaired) electrons. The highest BCUT2D eigenvalue weighted by Gasteiger charge is 2.30. The number of ether oxygens (including phenoxy) is 2. The van der Waals surface area contributed by atoms with Crippen LogP contribution in [0.5, 0.6) is 11.5 Å². The number of aryl methyl sites for hydroxylation is 2. The van der Waals surface area contributed by atoms with Gasteiger partial charge in [-0.15, -0.1) is 0 Å². The Morgan fingerprint density at radius 3 is 2.29 bits per heavy atom. The number of anilines is 2. The number of nitrogens with zero attached hydrogens (tertiary/aromatic N) is 2. The number of carbonyl (C=O) groups excluding carboxylic acids is 1. The van der Waals surface area contributed by atoms with Gasteiger partial charge in [-0.1, -0.05) is 12.1 Å². The van der Waals surface area contributed by atoms with E-state index in [1.807, 2.05) is 0 Å². The summed E-state index contributed by atoms with van der Waals surface area (Å²) in [7, 11) is -1.42. The number of hydrogen-bond acceptors (Lipinski definition) is 7. The molecule has 1 amide bonds. The van der Waals surface area contributed by atoms with Gasteiger partial charge in [0.2, 0.25) is 5.91 Å². The van der Waals surface area contributed by atoms with Crippen LogP contribution in [-0.2, 0) is 14.8 Å². The van der Waals surface area contributed by atoms with Gasteiger partial charge in [0.25, 0.3) is 15.7 Å². The van der Waals surface area contributed by atoms with Crippen LogP contribution >= 0.6 is 0 Å². The van der Waals surface area contributed by atoms with Gasteiger partial charge < -0.3 is 14.8 Å². The Kier molecular flexibility index (Phi) is 7.60. The summed E-state index contributed by atoms with van der Waals surface area (Å²) in [4.78, 5) is 23.5. The van der Waals surface area contributed by atoms with Crippen LogP contribution in [0.15, 0.2) is 65.6 Å². The number of amides is 1. The number of sulfonamides is 1. The van der Waals surface area contributed by atoms with Gasteiger partial charge in [-0.2, -0.15) is 0 Å². The SMILES string of the molecule is COc1ccc(N(CC(=O)Nc2cc([N+](=O)[O-])ccc2C)S(=O)(=O)c2cc(C)ccc2OC)cc1. The second-order valence-electron chi connectivity index (χ2n) is 7.67. The zero-order valence-corrected chi connectivity index (χ0v) is 20.5. The van der Waals surface area contributed by atoms with Gasteiger partial charge in [0.1, 0.15) is 22.9 Å². The largest absolute Gasteiger partial charge is 0.497 e. The molecule has 0 atom stereocenters. The minimum Gasteiger partial charge on any atom is -0.497 e. The first-order valence-electron chi connectivity index (χ1n) is 10.4. The quantitative estimate of drug-likeness (QED) is 0.347. The van der Waals surface area contributed by atoms with E-state index in [0.717, 1.165) is 4.31 Å². The highest BCUT2D eigenvalue weighted by molar-refractivity contribution is 7.93. The molecule has 0 aliphatic heterocycles. The Morgan fingerprint density at radius 1 is 1.00 bits per heavy atom. The molecule has 3 aromatic carbocycles. The van der Waals surface area contributed by atoms with Gasteiger partial charge in [0, 0.05) is 12.1 Å². The monoisotopic (exact) mass is 499 g/mol. The average molecular weight is 500 g/mol. The summed E-state index contributed by atoms with van der Waals surface area (Å²) in [5.41, 5.74) is 1.51. The van der Waals surface area contributed by atoms with Crippen molar-refractivity contribution in [2.24, 2.45) is 0 Å². The van der Waals surface area contributed by atoms with Crippen LogP contribution in [-0.4, -0.2) is 40.0 Å². The van der Waals surface area contributed by atoms with E-state index >= 15 is 0 Å². The molecule has 184 valence electrons. The standard InChI is InChI=1S/C24H25N3O7S/c1-16-5-12-22(34-4)23(13-16)35(31,32)26(18-8-10-20(33-3)11-9-18)15-24(28)25-21-14-19(27(29)30)7-6-17(21)2/h5-14H,15H2,1-4H3,(H,25,28). The van der Waals surface area contributed by atoms with Gasteiger partial charge >= 0.3 is 0 Å². The molecule has 0 unspecified atom stereocenters. The fourth-order valence-electron chi connectivity index (χ4n) is 3.35. The van der Waals surface area contributed by atoms with Crippen LogP contribution in [0.2, 0.25) is 0 Å².